The molecule has 0 saturated heterocycles. The van der Waals surface area contributed by atoms with Crippen molar-refractivity contribution in [2.24, 2.45) is 0 Å². The second-order valence-electron chi connectivity index (χ2n) is 12.1. The Morgan fingerprint density at radius 2 is 1.23 bits per heavy atom. The van der Waals surface area contributed by atoms with Crippen molar-refractivity contribution in [3.05, 3.63) is 65.7 Å². The molecule has 0 N–H and O–H groups in total. The molecule has 0 unspecified atom stereocenters. The molecule has 0 saturated carbocycles. The largest absolute Gasteiger partial charge is 0.494 e. The Bertz CT molecular complexity index is 879. The van der Waals surface area contributed by atoms with Crippen molar-refractivity contribution in [1.82, 2.24) is 0 Å². The van der Waals surface area contributed by atoms with Crippen LogP contribution in [-0.2, 0) is 22.5 Å². The van der Waals surface area contributed by atoms with Gasteiger partial charge in [-0.05, 0) is 43.4 Å². The highest BCUT2D eigenvalue weighted by atomic mass is 16.5. The first-order valence-corrected chi connectivity index (χ1v) is 16.2. The summed E-state index contributed by atoms with van der Waals surface area (Å²) in [6.45, 7) is 5.08. The van der Waals surface area contributed by atoms with E-state index in [1.165, 1.54) is 88.2 Å². The number of hydrogen-bond donors (Lipinski definition) is 0. The van der Waals surface area contributed by atoms with Crippen LogP contribution in [-0.4, -0.2) is 44.3 Å². The van der Waals surface area contributed by atoms with E-state index in [4.69, 9.17) is 9.47 Å². The maximum Gasteiger partial charge on any atom is 0.311 e. The molecule has 40 heavy (non-hydrogen) atoms. The molecule has 0 radical (unpaired) electrons. The molecule has 0 bridgehead atoms. The fourth-order valence-electron chi connectivity index (χ4n) is 5.13. The van der Waals surface area contributed by atoms with Crippen molar-refractivity contribution in [3.8, 4) is 5.75 Å². The summed E-state index contributed by atoms with van der Waals surface area (Å²) in [5.41, 5.74) is 2.69. The van der Waals surface area contributed by atoms with Gasteiger partial charge in [-0.1, -0.05) is 120 Å². The van der Waals surface area contributed by atoms with Gasteiger partial charge in [-0.25, -0.2) is 0 Å². The van der Waals surface area contributed by atoms with Crippen molar-refractivity contribution >= 4 is 5.97 Å². The molecule has 0 fully saturated rings. The molecule has 0 aliphatic carbocycles. The summed E-state index contributed by atoms with van der Waals surface area (Å²) in [6.07, 6.45) is 20.0. The smallest absolute Gasteiger partial charge is 0.311 e. The molecular weight excluding hydrogens is 494 g/mol. The van der Waals surface area contributed by atoms with Crippen molar-refractivity contribution in [2.45, 2.75) is 116 Å². The van der Waals surface area contributed by atoms with E-state index in [1.807, 2.05) is 6.07 Å². The number of hydrogen-bond acceptors (Lipinski definition) is 3. The number of carbonyl (C=O) groups excluding carboxylic acids is 1. The van der Waals surface area contributed by atoms with Gasteiger partial charge >= 0.3 is 5.97 Å². The van der Waals surface area contributed by atoms with E-state index in [0.29, 0.717) is 19.6 Å². The van der Waals surface area contributed by atoms with E-state index in [9.17, 15) is 4.79 Å². The van der Waals surface area contributed by atoms with Gasteiger partial charge in [0.2, 0.25) is 0 Å². The molecule has 224 valence electrons. The first kappa shape index (κ1) is 33.9. The number of ether oxygens (including phenoxy) is 2. The zero-order chi connectivity index (χ0) is 28.7. The molecule has 2 rings (SSSR count). The van der Waals surface area contributed by atoms with Crippen LogP contribution in [0.25, 0.3) is 0 Å². The summed E-state index contributed by atoms with van der Waals surface area (Å²) in [7, 11) is 4.31. The zero-order valence-electron chi connectivity index (χ0n) is 26.0. The zero-order valence-corrected chi connectivity index (χ0v) is 26.0. The minimum atomic E-state index is -0.107. The molecule has 0 aliphatic heterocycles. The van der Waals surface area contributed by atoms with Crippen molar-refractivity contribution in [3.63, 3.8) is 0 Å². The van der Waals surface area contributed by atoms with Crippen LogP contribution in [0.3, 0.4) is 0 Å². The summed E-state index contributed by atoms with van der Waals surface area (Å²) in [5, 5.41) is 0. The highest BCUT2D eigenvalue weighted by Crippen LogP contribution is 2.17. The molecule has 0 atom stereocenters. The lowest BCUT2D eigenvalue weighted by atomic mass is 10.0. The molecule has 0 aromatic heterocycles. The second-order valence-corrected chi connectivity index (χ2v) is 12.1. The van der Waals surface area contributed by atoms with Crippen LogP contribution in [0.15, 0.2) is 54.6 Å². The van der Waals surface area contributed by atoms with E-state index in [0.717, 1.165) is 42.6 Å². The first-order valence-electron chi connectivity index (χ1n) is 16.2. The maximum absolute atomic E-state index is 12.2. The van der Waals surface area contributed by atoms with Crippen LogP contribution in [0.4, 0.5) is 0 Å². The van der Waals surface area contributed by atoms with Crippen LogP contribution in [0, 0.1) is 0 Å². The third-order valence-electron chi connectivity index (χ3n) is 7.69. The Balaban J connectivity index is 1.42. The number of nitrogens with zero attached hydrogens (tertiary/aromatic N) is 1. The highest BCUT2D eigenvalue weighted by Gasteiger charge is 2.18. The fraction of sp³-hybridized carbons (Fsp3) is 0.639. The first-order chi connectivity index (χ1) is 19.5. The van der Waals surface area contributed by atoms with Crippen molar-refractivity contribution in [2.75, 3.05) is 33.9 Å². The Kier molecular flexibility index (Phi) is 18.1. The third-order valence-corrected chi connectivity index (χ3v) is 7.69. The van der Waals surface area contributed by atoms with Crippen molar-refractivity contribution < 1.29 is 18.8 Å². The Hall–Kier alpha value is -2.33. The van der Waals surface area contributed by atoms with Gasteiger partial charge in [0.05, 0.1) is 40.3 Å². The van der Waals surface area contributed by atoms with Gasteiger partial charge in [0, 0.05) is 5.56 Å². The van der Waals surface area contributed by atoms with E-state index >= 15 is 0 Å². The molecule has 2 aromatic carbocycles. The topological polar surface area (TPSA) is 35.5 Å². The maximum atomic E-state index is 12.2. The van der Waals surface area contributed by atoms with Gasteiger partial charge in [0.15, 0.2) is 0 Å². The Morgan fingerprint density at radius 1 is 0.650 bits per heavy atom. The molecule has 0 aliphatic rings. The summed E-state index contributed by atoms with van der Waals surface area (Å²) in [4.78, 5) is 12.2. The molecule has 0 heterocycles. The predicted molar refractivity (Wildman–Crippen MR) is 169 cm³/mol. The molecule has 2 aromatic rings. The standard InChI is InChI=1S/C36H58NO3/c1-4-5-6-7-8-9-10-11-12-13-14-16-21-33-24-26-35(27-25-33)39-30-19-20-31-40-36(38)28-29-37(2,3)32-34-22-17-15-18-23-34/h15,17-18,22-27H,4-14,16,19-21,28-32H2,1-3H3/q+1. The molecule has 0 amide bonds. The number of carbonyl (C=O) groups is 1. The predicted octanol–water partition coefficient (Wildman–Crippen LogP) is 9.30. The van der Waals surface area contributed by atoms with E-state index in [2.05, 4.69) is 69.6 Å². The third kappa shape index (κ3) is 17.4. The lowest BCUT2D eigenvalue weighted by Crippen LogP contribution is -2.40. The van der Waals surface area contributed by atoms with Gasteiger partial charge in [0.25, 0.3) is 0 Å². The minimum absolute atomic E-state index is 0.107. The normalized spacial score (nSPS) is 11.5. The van der Waals surface area contributed by atoms with Gasteiger partial charge in [-0.3, -0.25) is 4.79 Å². The second kappa shape index (κ2) is 21.4. The fourth-order valence-corrected chi connectivity index (χ4v) is 5.13. The Labute approximate surface area is 246 Å². The average Bonchev–Trinajstić information content (AvgIpc) is 2.95. The highest BCUT2D eigenvalue weighted by molar-refractivity contribution is 5.69. The van der Waals surface area contributed by atoms with E-state index in [1.54, 1.807) is 0 Å². The molecule has 0 spiro atoms. The number of unbranched alkanes of at least 4 members (excludes halogenated alkanes) is 12. The van der Waals surface area contributed by atoms with Gasteiger partial charge in [-0.2, -0.15) is 0 Å². The van der Waals surface area contributed by atoms with Crippen LogP contribution < -0.4 is 4.74 Å². The van der Waals surface area contributed by atoms with Gasteiger partial charge in [-0.15, -0.1) is 0 Å². The number of aryl methyl sites for hydroxylation is 1. The summed E-state index contributed by atoms with van der Waals surface area (Å²) < 4.78 is 12.1. The quantitative estimate of drug-likeness (QED) is 0.0739. The minimum Gasteiger partial charge on any atom is -0.494 e. The van der Waals surface area contributed by atoms with Crippen LogP contribution in [0.1, 0.15) is 114 Å². The SMILES string of the molecule is CCCCCCCCCCCCCCc1ccc(OCCCCOC(=O)CC[N+](C)(C)Cc2ccccc2)cc1. The number of esters is 1. The Morgan fingerprint density at radius 3 is 1.85 bits per heavy atom. The summed E-state index contributed by atoms with van der Waals surface area (Å²) in [5.74, 6) is 0.817. The number of rotatable bonds is 24. The van der Waals surface area contributed by atoms with Crippen LogP contribution in [0.2, 0.25) is 0 Å². The number of quaternary nitrogens is 1. The van der Waals surface area contributed by atoms with E-state index in [-0.39, 0.29) is 5.97 Å². The summed E-state index contributed by atoms with van der Waals surface area (Å²) in [6, 6.07) is 19.0. The monoisotopic (exact) mass is 552 g/mol. The molecule has 4 nitrogen and oxygen atoms in total. The lowest BCUT2D eigenvalue weighted by Gasteiger charge is -2.29. The van der Waals surface area contributed by atoms with Crippen LogP contribution in [0.5, 0.6) is 5.75 Å². The van der Waals surface area contributed by atoms with Gasteiger partial charge < -0.3 is 14.0 Å². The van der Waals surface area contributed by atoms with Crippen molar-refractivity contribution in [1.29, 1.82) is 0 Å². The summed E-state index contributed by atoms with van der Waals surface area (Å²) >= 11 is 0. The van der Waals surface area contributed by atoms with E-state index < -0.39 is 0 Å². The molecule has 4 heteroatoms. The average molecular weight is 553 g/mol. The number of benzene rings is 2. The molecular formula is C36H58NO3+. The van der Waals surface area contributed by atoms with Crippen LogP contribution >= 0.6 is 0 Å². The van der Waals surface area contributed by atoms with Gasteiger partial charge in [0.1, 0.15) is 12.3 Å². The lowest BCUT2D eigenvalue weighted by molar-refractivity contribution is -0.903.